The number of carbonyl (C=O) groups excluding carboxylic acids is 2. The summed E-state index contributed by atoms with van der Waals surface area (Å²) < 4.78 is 0. The maximum absolute atomic E-state index is 13.5. The zero-order chi connectivity index (χ0) is 23.2. The molecule has 1 fully saturated rings. The molecule has 0 bridgehead atoms. The number of benzene rings is 3. The third kappa shape index (κ3) is 5.48. The maximum Gasteiger partial charge on any atom is 0.256 e. The lowest BCUT2D eigenvalue weighted by atomic mass is 9.96. The Morgan fingerprint density at radius 1 is 0.848 bits per heavy atom. The molecule has 1 N–H and O–H groups in total. The fourth-order valence-corrected chi connectivity index (χ4v) is 5.45. The molecule has 1 saturated heterocycles. The van der Waals surface area contributed by atoms with Crippen molar-refractivity contribution >= 4 is 29.3 Å². The van der Waals surface area contributed by atoms with E-state index in [1.165, 1.54) is 5.56 Å². The Hall–Kier alpha value is -3.05. The second kappa shape index (κ2) is 10.7. The first kappa shape index (κ1) is 23.1. The Morgan fingerprint density at radius 2 is 1.45 bits per heavy atom. The first-order valence-electron chi connectivity index (χ1n) is 11.5. The topological polar surface area (TPSA) is 49.4 Å². The molecule has 3 aromatic rings. The fourth-order valence-electron chi connectivity index (χ4n) is 4.44. The number of anilines is 1. The van der Waals surface area contributed by atoms with Gasteiger partial charge in [-0.15, -0.1) is 11.8 Å². The molecule has 0 aromatic heterocycles. The minimum Gasteiger partial charge on any atom is -0.333 e. The summed E-state index contributed by atoms with van der Waals surface area (Å²) in [5.41, 5.74) is 2.92. The number of amides is 2. The van der Waals surface area contributed by atoms with E-state index in [-0.39, 0.29) is 23.9 Å². The van der Waals surface area contributed by atoms with Crippen LogP contribution < -0.4 is 5.32 Å². The lowest BCUT2D eigenvalue weighted by molar-refractivity contribution is 0.0512. The summed E-state index contributed by atoms with van der Waals surface area (Å²) in [6.07, 6.45) is 3.16. The van der Waals surface area contributed by atoms with Crippen molar-refractivity contribution in [2.24, 2.45) is 0 Å². The summed E-state index contributed by atoms with van der Waals surface area (Å²) in [4.78, 5) is 29.6. The third-order valence-corrected chi connectivity index (χ3v) is 7.35. The standard InChI is InChI=1S/C28H30N2O2S/c1-20-11-10-12-21(2)30(20)28(32)23-15-6-8-17-25(23)29-27(31)24-16-7-9-18-26(24)33-19-22-13-4-3-5-14-22/h3-9,13-18,20-21H,10-12,19H2,1-2H3,(H,29,31)/t20-,21+. The van der Waals surface area contributed by atoms with E-state index in [1.807, 2.05) is 71.6 Å². The van der Waals surface area contributed by atoms with Crippen LogP contribution in [0.2, 0.25) is 0 Å². The predicted molar refractivity (Wildman–Crippen MR) is 136 cm³/mol. The molecule has 0 spiro atoms. The van der Waals surface area contributed by atoms with Crippen molar-refractivity contribution in [1.82, 2.24) is 4.90 Å². The SMILES string of the molecule is C[C@@H]1CCC[C@H](C)N1C(=O)c1ccccc1NC(=O)c1ccccc1SCc1ccccc1. The molecule has 0 aliphatic carbocycles. The zero-order valence-corrected chi connectivity index (χ0v) is 20.0. The number of para-hydroxylation sites is 1. The normalized spacial score (nSPS) is 18.1. The average Bonchev–Trinajstić information content (AvgIpc) is 2.83. The Morgan fingerprint density at radius 3 is 2.18 bits per heavy atom. The Bertz CT molecular complexity index is 1110. The van der Waals surface area contributed by atoms with Crippen molar-refractivity contribution in [2.75, 3.05) is 5.32 Å². The molecule has 4 rings (SSSR count). The van der Waals surface area contributed by atoms with Gasteiger partial charge in [-0.3, -0.25) is 9.59 Å². The number of nitrogens with zero attached hydrogens (tertiary/aromatic N) is 1. The van der Waals surface area contributed by atoms with Crippen molar-refractivity contribution in [3.8, 4) is 0 Å². The van der Waals surface area contributed by atoms with Gasteiger partial charge in [0, 0.05) is 22.7 Å². The van der Waals surface area contributed by atoms with Crippen LogP contribution in [-0.2, 0) is 5.75 Å². The minimum absolute atomic E-state index is 0.0164. The van der Waals surface area contributed by atoms with Crippen LogP contribution in [-0.4, -0.2) is 28.8 Å². The Balaban J connectivity index is 1.54. The average molecular weight is 459 g/mol. The lowest BCUT2D eigenvalue weighted by Gasteiger charge is -2.39. The number of carbonyl (C=O) groups is 2. The van der Waals surface area contributed by atoms with E-state index in [1.54, 1.807) is 11.8 Å². The fraction of sp³-hybridized carbons (Fsp3) is 0.286. The number of hydrogen-bond donors (Lipinski definition) is 1. The van der Waals surface area contributed by atoms with Gasteiger partial charge in [-0.05, 0) is 62.9 Å². The van der Waals surface area contributed by atoms with E-state index >= 15 is 0 Å². The van der Waals surface area contributed by atoms with Gasteiger partial charge in [0.15, 0.2) is 0 Å². The smallest absolute Gasteiger partial charge is 0.256 e. The highest BCUT2D eigenvalue weighted by molar-refractivity contribution is 7.98. The summed E-state index contributed by atoms with van der Waals surface area (Å²) in [7, 11) is 0. The van der Waals surface area contributed by atoms with Crippen LogP contribution in [0.1, 0.15) is 59.4 Å². The van der Waals surface area contributed by atoms with E-state index in [9.17, 15) is 9.59 Å². The van der Waals surface area contributed by atoms with E-state index < -0.39 is 0 Å². The van der Waals surface area contributed by atoms with Gasteiger partial charge in [0.25, 0.3) is 11.8 Å². The first-order valence-corrected chi connectivity index (χ1v) is 12.5. The van der Waals surface area contributed by atoms with E-state index in [0.717, 1.165) is 29.9 Å². The summed E-state index contributed by atoms with van der Waals surface area (Å²) in [5, 5.41) is 3.02. The molecule has 4 nitrogen and oxygen atoms in total. The van der Waals surface area contributed by atoms with Crippen molar-refractivity contribution in [1.29, 1.82) is 0 Å². The second-order valence-electron chi connectivity index (χ2n) is 8.61. The lowest BCUT2D eigenvalue weighted by Crippen LogP contribution is -2.47. The van der Waals surface area contributed by atoms with Crippen LogP contribution >= 0.6 is 11.8 Å². The van der Waals surface area contributed by atoms with Crippen LogP contribution in [0.15, 0.2) is 83.8 Å². The molecule has 0 saturated carbocycles. The molecule has 170 valence electrons. The highest BCUT2D eigenvalue weighted by Gasteiger charge is 2.31. The molecule has 1 aliphatic heterocycles. The minimum atomic E-state index is -0.203. The monoisotopic (exact) mass is 458 g/mol. The zero-order valence-electron chi connectivity index (χ0n) is 19.2. The molecule has 33 heavy (non-hydrogen) atoms. The summed E-state index contributed by atoms with van der Waals surface area (Å²) in [5.74, 6) is 0.564. The van der Waals surface area contributed by atoms with Gasteiger partial charge in [-0.1, -0.05) is 54.6 Å². The van der Waals surface area contributed by atoms with Gasteiger partial charge < -0.3 is 10.2 Å². The van der Waals surface area contributed by atoms with Gasteiger partial charge in [0.1, 0.15) is 0 Å². The largest absolute Gasteiger partial charge is 0.333 e. The molecule has 1 heterocycles. The molecular formula is C28H30N2O2S. The van der Waals surface area contributed by atoms with E-state index in [0.29, 0.717) is 16.8 Å². The number of nitrogens with one attached hydrogen (secondary N) is 1. The summed E-state index contributed by atoms with van der Waals surface area (Å²) in [6, 6.07) is 25.5. The van der Waals surface area contributed by atoms with Gasteiger partial charge in [0.05, 0.1) is 16.8 Å². The molecule has 3 aromatic carbocycles. The van der Waals surface area contributed by atoms with Crippen molar-refractivity contribution in [3.63, 3.8) is 0 Å². The quantitative estimate of drug-likeness (QED) is 0.422. The first-order chi connectivity index (χ1) is 16.0. The molecular weight excluding hydrogens is 428 g/mol. The van der Waals surface area contributed by atoms with Crippen molar-refractivity contribution < 1.29 is 9.59 Å². The van der Waals surface area contributed by atoms with Crippen molar-refractivity contribution in [2.45, 2.75) is 55.8 Å². The van der Waals surface area contributed by atoms with Gasteiger partial charge in [-0.25, -0.2) is 0 Å². The van der Waals surface area contributed by atoms with E-state index in [2.05, 4.69) is 31.3 Å². The third-order valence-electron chi connectivity index (χ3n) is 6.20. The molecule has 5 heteroatoms. The van der Waals surface area contributed by atoms with Crippen LogP contribution in [0.3, 0.4) is 0 Å². The maximum atomic E-state index is 13.5. The molecule has 0 unspecified atom stereocenters. The number of rotatable bonds is 6. The Labute approximate surface area is 200 Å². The van der Waals surface area contributed by atoms with Crippen molar-refractivity contribution in [3.05, 3.63) is 95.6 Å². The van der Waals surface area contributed by atoms with E-state index in [4.69, 9.17) is 0 Å². The van der Waals surface area contributed by atoms with Crippen LogP contribution in [0.25, 0.3) is 0 Å². The van der Waals surface area contributed by atoms with Crippen LogP contribution in [0.4, 0.5) is 5.69 Å². The number of likely N-dealkylation sites (tertiary alicyclic amines) is 1. The summed E-state index contributed by atoms with van der Waals surface area (Å²) in [6.45, 7) is 4.21. The molecule has 2 atom stereocenters. The highest BCUT2D eigenvalue weighted by atomic mass is 32.2. The predicted octanol–water partition coefficient (Wildman–Crippen LogP) is 6.63. The second-order valence-corrected chi connectivity index (χ2v) is 9.63. The van der Waals surface area contributed by atoms with Gasteiger partial charge >= 0.3 is 0 Å². The van der Waals surface area contributed by atoms with Crippen LogP contribution in [0, 0.1) is 0 Å². The molecule has 0 radical (unpaired) electrons. The van der Waals surface area contributed by atoms with Gasteiger partial charge in [-0.2, -0.15) is 0 Å². The Kier molecular flexibility index (Phi) is 7.50. The van der Waals surface area contributed by atoms with Gasteiger partial charge in [0.2, 0.25) is 0 Å². The highest BCUT2D eigenvalue weighted by Crippen LogP contribution is 2.29. The summed E-state index contributed by atoms with van der Waals surface area (Å²) >= 11 is 1.64. The number of thioether (sulfide) groups is 1. The number of piperidine rings is 1. The molecule has 2 amide bonds. The van der Waals surface area contributed by atoms with Crippen LogP contribution in [0.5, 0.6) is 0 Å². The number of hydrogen-bond acceptors (Lipinski definition) is 3. The molecule has 1 aliphatic rings.